The lowest BCUT2D eigenvalue weighted by Gasteiger charge is -2.16. The van der Waals surface area contributed by atoms with Gasteiger partial charge in [0.05, 0.1) is 11.4 Å². The van der Waals surface area contributed by atoms with E-state index in [1.54, 1.807) is 4.90 Å². The van der Waals surface area contributed by atoms with Crippen LogP contribution in [-0.4, -0.2) is 23.5 Å². The van der Waals surface area contributed by atoms with Crippen molar-refractivity contribution in [3.05, 3.63) is 60.2 Å². The van der Waals surface area contributed by atoms with Crippen molar-refractivity contribution in [1.82, 2.24) is 0 Å². The Morgan fingerprint density at radius 1 is 1.14 bits per heavy atom. The highest BCUT2D eigenvalue weighted by atomic mass is 32.2. The molecule has 2 aromatic carbocycles. The van der Waals surface area contributed by atoms with Gasteiger partial charge in [-0.2, -0.15) is 0 Å². The minimum absolute atomic E-state index is 0.0743. The van der Waals surface area contributed by atoms with Crippen molar-refractivity contribution in [3.63, 3.8) is 0 Å². The van der Waals surface area contributed by atoms with E-state index in [9.17, 15) is 4.79 Å². The van der Waals surface area contributed by atoms with Crippen LogP contribution in [0.4, 0.5) is 11.4 Å². The van der Waals surface area contributed by atoms with Crippen LogP contribution in [0.25, 0.3) is 0 Å². The number of carbonyl (C=O) groups excluding carboxylic acids is 1. The number of anilines is 2. The molecule has 0 unspecified atom stereocenters. The molecule has 22 heavy (non-hydrogen) atoms. The summed E-state index contributed by atoms with van der Waals surface area (Å²) < 4.78 is 0. The van der Waals surface area contributed by atoms with Gasteiger partial charge in [-0.25, -0.2) is 4.99 Å². The summed E-state index contributed by atoms with van der Waals surface area (Å²) in [5.41, 5.74) is 3.12. The van der Waals surface area contributed by atoms with E-state index in [1.807, 2.05) is 42.5 Å². The van der Waals surface area contributed by atoms with E-state index < -0.39 is 0 Å². The van der Waals surface area contributed by atoms with Gasteiger partial charge in [0.1, 0.15) is 6.67 Å². The van der Waals surface area contributed by atoms with Crippen molar-refractivity contribution >= 4 is 34.2 Å². The summed E-state index contributed by atoms with van der Waals surface area (Å²) in [5.74, 6) is 0.517. The molecular weight excluding hydrogens is 294 g/mol. The highest BCUT2D eigenvalue weighted by molar-refractivity contribution is 8.15. The summed E-state index contributed by atoms with van der Waals surface area (Å²) in [6.45, 7) is 2.50. The van der Waals surface area contributed by atoms with Gasteiger partial charge in [0.2, 0.25) is 5.91 Å². The zero-order valence-electron chi connectivity index (χ0n) is 12.3. The number of amidine groups is 1. The van der Waals surface area contributed by atoms with Crippen molar-refractivity contribution in [1.29, 1.82) is 0 Å². The molecule has 1 N–H and O–H groups in total. The third-order valence-electron chi connectivity index (χ3n) is 3.33. The summed E-state index contributed by atoms with van der Waals surface area (Å²) in [7, 11) is 0. The molecule has 1 aliphatic heterocycles. The highest BCUT2D eigenvalue weighted by Gasteiger charge is 2.29. The lowest BCUT2D eigenvalue weighted by atomic mass is 10.2. The van der Waals surface area contributed by atoms with Crippen LogP contribution in [0.1, 0.15) is 5.56 Å². The first kappa shape index (κ1) is 14.7. The molecule has 1 heterocycles. The fourth-order valence-corrected chi connectivity index (χ4v) is 3.05. The number of aryl methyl sites for hydroxylation is 1. The van der Waals surface area contributed by atoms with Gasteiger partial charge in [0.25, 0.3) is 0 Å². The van der Waals surface area contributed by atoms with Crippen LogP contribution in [0.15, 0.2) is 59.6 Å². The largest absolute Gasteiger partial charge is 0.366 e. The van der Waals surface area contributed by atoms with Crippen LogP contribution >= 0.6 is 11.8 Å². The normalized spacial score (nSPS) is 16.3. The quantitative estimate of drug-likeness (QED) is 0.940. The average molecular weight is 311 g/mol. The molecule has 112 valence electrons. The smallest absolute Gasteiger partial charge is 0.243 e. The molecule has 0 atom stereocenters. The molecule has 1 fully saturated rings. The number of carbonyl (C=O) groups is 1. The van der Waals surface area contributed by atoms with Crippen LogP contribution < -0.4 is 10.2 Å². The van der Waals surface area contributed by atoms with Crippen LogP contribution in [-0.2, 0) is 4.79 Å². The van der Waals surface area contributed by atoms with Gasteiger partial charge in [-0.05, 0) is 31.2 Å². The molecule has 0 saturated carbocycles. The minimum Gasteiger partial charge on any atom is -0.366 e. The lowest BCUT2D eigenvalue weighted by molar-refractivity contribution is -0.115. The standard InChI is InChI=1S/C17H17N3OS/c1-13-7-9-14(10-8-13)18-12-19-17-20(16(21)11-22-17)15-5-3-2-4-6-15/h2-10,18H,11-12H2,1H3. The summed E-state index contributed by atoms with van der Waals surface area (Å²) in [6.07, 6.45) is 0. The second-order valence-electron chi connectivity index (χ2n) is 4.99. The van der Waals surface area contributed by atoms with Gasteiger partial charge in [0.15, 0.2) is 5.17 Å². The maximum Gasteiger partial charge on any atom is 0.243 e. The molecule has 0 bridgehead atoms. The zero-order valence-corrected chi connectivity index (χ0v) is 13.1. The SMILES string of the molecule is Cc1ccc(NCN=C2SCC(=O)N2c2ccccc2)cc1. The fourth-order valence-electron chi connectivity index (χ4n) is 2.18. The summed E-state index contributed by atoms with van der Waals surface area (Å²) in [6, 6.07) is 17.8. The number of hydrogen-bond acceptors (Lipinski definition) is 4. The Kier molecular flexibility index (Phi) is 4.44. The van der Waals surface area contributed by atoms with Gasteiger partial charge in [0, 0.05) is 5.69 Å². The maximum absolute atomic E-state index is 12.1. The van der Waals surface area contributed by atoms with Crippen LogP contribution in [0.2, 0.25) is 0 Å². The van der Waals surface area contributed by atoms with E-state index in [1.165, 1.54) is 17.3 Å². The Bertz CT molecular complexity index is 683. The Labute approximate surface area is 134 Å². The lowest BCUT2D eigenvalue weighted by Crippen LogP contribution is -2.29. The maximum atomic E-state index is 12.1. The van der Waals surface area contributed by atoms with Crippen LogP contribution in [0.3, 0.4) is 0 Å². The first-order valence-electron chi connectivity index (χ1n) is 7.10. The molecule has 0 aliphatic carbocycles. The molecule has 4 nitrogen and oxygen atoms in total. The summed E-state index contributed by atoms with van der Waals surface area (Å²) in [4.78, 5) is 18.3. The van der Waals surface area contributed by atoms with E-state index in [0.29, 0.717) is 12.4 Å². The van der Waals surface area contributed by atoms with E-state index in [-0.39, 0.29) is 5.91 Å². The Balaban J connectivity index is 1.70. The second kappa shape index (κ2) is 6.66. The topological polar surface area (TPSA) is 44.7 Å². The summed E-state index contributed by atoms with van der Waals surface area (Å²) in [5, 5.41) is 3.99. The van der Waals surface area contributed by atoms with E-state index in [0.717, 1.165) is 16.5 Å². The Morgan fingerprint density at radius 3 is 2.59 bits per heavy atom. The number of nitrogens with zero attached hydrogens (tertiary/aromatic N) is 2. The van der Waals surface area contributed by atoms with Crippen molar-refractivity contribution < 1.29 is 4.79 Å². The molecule has 2 aromatic rings. The average Bonchev–Trinajstić information content (AvgIpc) is 2.91. The van der Waals surface area contributed by atoms with Crippen LogP contribution in [0, 0.1) is 6.92 Å². The zero-order chi connectivity index (χ0) is 15.4. The molecular formula is C17H17N3OS. The molecule has 1 aliphatic rings. The van der Waals surface area contributed by atoms with E-state index >= 15 is 0 Å². The Hall–Kier alpha value is -2.27. The van der Waals surface area contributed by atoms with Gasteiger partial charge in [-0.3, -0.25) is 9.69 Å². The van der Waals surface area contributed by atoms with E-state index in [4.69, 9.17) is 0 Å². The van der Waals surface area contributed by atoms with Gasteiger partial charge in [-0.15, -0.1) is 0 Å². The number of rotatable bonds is 4. The number of nitrogens with one attached hydrogen (secondary N) is 1. The van der Waals surface area contributed by atoms with Crippen molar-refractivity contribution in [2.75, 3.05) is 22.6 Å². The molecule has 1 amide bonds. The first-order chi connectivity index (χ1) is 10.7. The predicted molar refractivity (Wildman–Crippen MR) is 93.5 cm³/mol. The predicted octanol–water partition coefficient (Wildman–Crippen LogP) is 3.50. The number of thioether (sulfide) groups is 1. The Morgan fingerprint density at radius 2 is 1.86 bits per heavy atom. The third-order valence-corrected chi connectivity index (χ3v) is 4.29. The third kappa shape index (κ3) is 3.31. The van der Waals surface area contributed by atoms with Crippen molar-refractivity contribution in [2.24, 2.45) is 4.99 Å². The molecule has 0 aromatic heterocycles. The highest BCUT2D eigenvalue weighted by Crippen LogP contribution is 2.26. The minimum atomic E-state index is 0.0743. The number of para-hydroxylation sites is 1. The van der Waals surface area contributed by atoms with Crippen molar-refractivity contribution in [2.45, 2.75) is 6.92 Å². The number of hydrogen-bond donors (Lipinski definition) is 1. The van der Waals surface area contributed by atoms with Crippen molar-refractivity contribution in [3.8, 4) is 0 Å². The number of benzene rings is 2. The van der Waals surface area contributed by atoms with Gasteiger partial charge in [-0.1, -0.05) is 47.7 Å². The monoisotopic (exact) mass is 311 g/mol. The van der Waals surface area contributed by atoms with E-state index in [2.05, 4.69) is 29.4 Å². The first-order valence-corrected chi connectivity index (χ1v) is 8.08. The molecule has 5 heteroatoms. The molecule has 0 spiro atoms. The molecule has 0 radical (unpaired) electrons. The van der Waals surface area contributed by atoms with Gasteiger partial charge < -0.3 is 5.32 Å². The number of aliphatic imine (C=N–C) groups is 1. The number of amides is 1. The fraction of sp³-hybridized carbons (Fsp3) is 0.176. The van der Waals surface area contributed by atoms with Crippen LogP contribution in [0.5, 0.6) is 0 Å². The van der Waals surface area contributed by atoms with Gasteiger partial charge >= 0.3 is 0 Å². The molecule has 3 rings (SSSR count). The summed E-state index contributed by atoms with van der Waals surface area (Å²) >= 11 is 1.48. The molecule has 1 saturated heterocycles. The second-order valence-corrected chi connectivity index (χ2v) is 5.94.